The summed E-state index contributed by atoms with van der Waals surface area (Å²) in [6.45, 7) is 2.34. The Kier molecular flexibility index (Phi) is 4.41. The average molecular weight is 583 g/mol. The molecule has 3 nitrogen and oxygen atoms in total. The predicted molar refractivity (Wildman–Crippen MR) is 184 cm³/mol. The van der Waals surface area contributed by atoms with E-state index in [0.717, 1.165) is 38.6 Å². The SMILES string of the molecule is CC1C=CC2c3cc(-c4cc5c6cc7ccccc7nc6n6c7ccc8c9ccccc9oc8c7c(c4)c56)ccc3SC2C1. The van der Waals surface area contributed by atoms with E-state index in [1.165, 1.54) is 60.5 Å². The van der Waals surface area contributed by atoms with Gasteiger partial charge in [0.2, 0.25) is 0 Å². The molecule has 1 aliphatic carbocycles. The molecule has 4 aromatic heterocycles. The number of hydrogen-bond donors (Lipinski definition) is 0. The molecule has 2 aliphatic rings. The van der Waals surface area contributed by atoms with Crippen LogP contribution >= 0.6 is 11.8 Å². The second-order valence-corrected chi connectivity index (χ2v) is 14.1. The molecule has 0 spiro atoms. The third kappa shape index (κ3) is 2.97. The van der Waals surface area contributed by atoms with E-state index < -0.39 is 0 Å². The smallest absolute Gasteiger partial charge is 0.146 e. The number of allylic oxidation sites excluding steroid dienone is 2. The topological polar surface area (TPSA) is 30.4 Å². The summed E-state index contributed by atoms with van der Waals surface area (Å²) >= 11 is 2.07. The minimum absolute atomic E-state index is 0.499. The van der Waals surface area contributed by atoms with Crippen molar-refractivity contribution in [3.63, 3.8) is 0 Å². The van der Waals surface area contributed by atoms with E-state index in [9.17, 15) is 0 Å². The molecule has 0 saturated heterocycles. The van der Waals surface area contributed by atoms with Gasteiger partial charge in [0.1, 0.15) is 16.8 Å². The van der Waals surface area contributed by atoms with Gasteiger partial charge >= 0.3 is 0 Å². The van der Waals surface area contributed by atoms with Crippen LogP contribution in [0, 0.1) is 5.92 Å². The fourth-order valence-electron chi connectivity index (χ4n) is 8.19. The van der Waals surface area contributed by atoms with Crippen molar-refractivity contribution >= 4 is 82.8 Å². The van der Waals surface area contributed by atoms with Crippen molar-refractivity contribution in [2.75, 3.05) is 0 Å². The van der Waals surface area contributed by atoms with Crippen LogP contribution in [0.4, 0.5) is 0 Å². The van der Waals surface area contributed by atoms with Crippen LogP contribution in [0.15, 0.2) is 119 Å². The lowest BCUT2D eigenvalue weighted by Crippen LogP contribution is -2.16. The highest BCUT2D eigenvalue weighted by molar-refractivity contribution is 8.00. The number of aromatic nitrogens is 2. The van der Waals surface area contributed by atoms with Crippen LogP contribution in [0.3, 0.4) is 0 Å². The predicted octanol–water partition coefficient (Wildman–Crippen LogP) is 11.1. The standard InChI is InChI=1S/C40H26N2OS/c1-21-10-12-26-28-17-22(11-15-35(28)44-36(26)16-21)24-19-29-30-18-23-6-2-4-8-32(23)41-40(30)42-33-14-13-27-25-7-3-5-9-34(25)43-39(27)37(33)31(20-24)38(29)42/h2-15,17-21,26,36H,16H2,1H3. The van der Waals surface area contributed by atoms with E-state index in [2.05, 4.69) is 132 Å². The number of benzene rings is 5. The highest BCUT2D eigenvalue weighted by Gasteiger charge is 2.35. The molecule has 3 unspecified atom stereocenters. The summed E-state index contributed by atoms with van der Waals surface area (Å²) in [4.78, 5) is 6.70. The maximum Gasteiger partial charge on any atom is 0.146 e. The summed E-state index contributed by atoms with van der Waals surface area (Å²) in [6, 6.07) is 35.6. The van der Waals surface area contributed by atoms with Crippen LogP contribution in [0.5, 0.6) is 0 Å². The Hall–Kier alpha value is -4.80. The second kappa shape index (κ2) is 8.22. The maximum atomic E-state index is 6.64. The normalized spacial score (nSPS) is 19.9. The molecular formula is C40H26N2OS. The molecule has 0 saturated carbocycles. The minimum Gasteiger partial charge on any atom is -0.455 e. The van der Waals surface area contributed by atoms with Gasteiger partial charge in [-0.1, -0.05) is 61.5 Å². The van der Waals surface area contributed by atoms with Gasteiger partial charge in [-0.25, -0.2) is 4.98 Å². The summed E-state index contributed by atoms with van der Waals surface area (Å²) < 4.78 is 9.01. The zero-order valence-electron chi connectivity index (χ0n) is 24.0. The first-order valence-electron chi connectivity index (χ1n) is 15.5. The Bertz CT molecular complexity index is 2710. The van der Waals surface area contributed by atoms with E-state index in [1.54, 1.807) is 0 Å². The Morgan fingerprint density at radius 1 is 0.773 bits per heavy atom. The molecular weight excluding hydrogens is 557 g/mol. The lowest BCUT2D eigenvalue weighted by Gasteiger charge is -2.23. The summed E-state index contributed by atoms with van der Waals surface area (Å²) in [5, 5.41) is 8.94. The minimum atomic E-state index is 0.499. The van der Waals surface area contributed by atoms with Gasteiger partial charge in [0.15, 0.2) is 0 Å². The fraction of sp³-hybridized carbons (Fsp3) is 0.125. The van der Waals surface area contributed by atoms with Crippen LogP contribution in [0.1, 0.15) is 24.8 Å². The number of fused-ring (bicyclic) bond motifs is 14. The van der Waals surface area contributed by atoms with Gasteiger partial charge in [0, 0.05) is 48.4 Å². The molecule has 44 heavy (non-hydrogen) atoms. The zero-order valence-corrected chi connectivity index (χ0v) is 24.9. The monoisotopic (exact) mass is 582 g/mol. The van der Waals surface area contributed by atoms with E-state index >= 15 is 0 Å². The molecule has 0 N–H and O–H groups in total. The lowest BCUT2D eigenvalue weighted by molar-refractivity contribution is 0.565. The van der Waals surface area contributed by atoms with Gasteiger partial charge in [0.25, 0.3) is 0 Å². The Balaban J connectivity index is 1.27. The van der Waals surface area contributed by atoms with Crippen molar-refractivity contribution in [2.24, 2.45) is 5.92 Å². The Morgan fingerprint density at radius 3 is 2.64 bits per heavy atom. The number of nitrogens with zero attached hydrogens (tertiary/aromatic N) is 2. The Labute approximate surface area is 257 Å². The van der Waals surface area contributed by atoms with Gasteiger partial charge in [-0.05, 0) is 83.6 Å². The summed E-state index contributed by atoms with van der Waals surface area (Å²) in [6.07, 6.45) is 6.12. The second-order valence-electron chi connectivity index (χ2n) is 12.8. The first kappa shape index (κ1) is 23.6. The van der Waals surface area contributed by atoms with Crippen LogP contribution in [-0.2, 0) is 0 Å². The van der Waals surface area contributed by atoms with Crippen LogP contribution < -0.4 is 0 Å². The van der Waals surface area contributed by atoms with Gasteiger partial charge in [-0.2, -0.15) is 0 Å². The summed E-state index contributed by atoms with van der Waals surface area (Å²) in [7, 11) is 0. The maximum absolute atomic E-state index is 6.64. The Morgan fingerprint density at radius 2 is 1.66 bits per heavy atom. The van der Waals surface area contributed by atoms with E-state index in [1.807, 2.05) is 0 Å². The van der Waals surface area contributed by atoms with Gasteiger partial charge in [-0.15, -0.1) is 11.8 Å². The number of furan rings is 1. The van der Waals surface area contributed by atoms with Crippen molar-refractivity contribution < 1.29 is 4.42 Å². The molecule has 1 aliphatic heterocycles. The number of hydrogen-bond acceptors (Lipinski definition) is 3. The van der Waals surface area contributed by atoms with Crippen molar-refractivity contribution in [1.29, 1.82) is 0 Å². The fourth-order valence-corrected chi connectivity index (χ4v) is 9.77. The van der Waals surface area contributed by atoms with Gasteiger partial charge in [-0.3, -0.25) is 4.40 Å². The third-order valence-corrected chi connectivity index (χ3v) is 11.6. The molecule has 5 heterocycles. The van der Waals surface area contributed by atoms with Crippen LogP contribution in [0.25, 0.3) is 82.2 Å². The molecule has 4 heteroatoms. The average Bonchev–Trinajstić information content (AvgIpc) is 3.79. The number of pyridine rings is 1. The van der Waals surface area contributed by atoms with Crippen molar-refractivity contribution in [3.05, 3.63) is 115 Å². The molecule has 9 aromatic rings. The van der Waals surface area contributed by atoms with Crippen LogP contribution in [0.2, 0.25) is 0 Å². The number of para-hydroxylation sites is 2. The molecule has 0 radical (unpaired) electrons. The van der Waals surface area contributed by atoms with E-state index in [-0.39, 0.29) is 0 Å². The highest BCUT2D eigenvalue weighted by Crippen LogP contribution is 2.52. The first-order valence-corrected chi connectivity index (χ1v) is 16.4. The zero-order chi connectivity index (χ0) is 28.7. The van der Waals surface area contributed by atoms with Crippen LogP contribution in [-0.4, -0.2) is 14.6 Å². The third-order valence-electron chi connectivity index (χ3n) is 10.2. The number of thioether (sulfide) groups is 1. The molecule has 0 amide bonds. The van der Waals surface area contributed by atoms with Crippen molar-refractivity contribution in [3.8, 4) is 11.1 Å². The summed E-state index contributed by atoms with van der Waals surface area (Å²) in [5.74, 6) is 1.15. The van der Waals surface area contributed by atoms with E-state index in [4.69, 9.17) is 9.40 Å². The van der Waals surface area contributed by atoms with Gasteiger partial charge < -0.3 is 4.42 Å². The first-order chi connectivity index (χ1) is 21.7. The van der Waals surface area contributed by atoms with E-state index in [0.29, 0.717) is 17.1 Å². The molecule has 208 valence electrons. The number of rotatable bonds is 1. The molecule has 0 bridgehead atoms. The highest BCUT2D eigenvalue weighted by atomic mass is 32.2. The molecule has 0 fully saturated rings. The van der Waals surface area contributed by atoms with Crippen molar-refractivity contribution in [1.82, 2.24) is 9.38 Å². The quantitative estimate of drug-likeness (QED) is 0.180. The molecule has 3 atom stereocenters. The van der Waals surface area contributed by atoms with Crippen molar-refractivity contribution in [2.45, 2.75) is 29.4 Å². The van der Waals surface area contributed by atoms with Gasteiger partial charge in [0.05, 0.1) is 21.9 Å². The molecule has 5 aromatic carbocycles. The molecule has 11 rings (SSSR count). The summed E-state index contributed by atoms with van der Waals surface area (Å²) in [5.41, 5.74) is 10.2. The lowest BCUT2D eigenvalue weighted by atomic mass is 9.84. The largest absolute Gasteiger partial charge is 0.455 e.